The SMILES string of the molecule is CCC1C(=O)N(C)c2c(nc(N)[nH]c2=O)N1Cc1cccc(C(F)(F)F)c1. The molecule has 10 heteroatoms. The number of fused-ring (bicyclic) bond motifs is 1. The zero-order valence-electron chi connectivity index (χ0n) is 14.7. The van der Waals surface area contributed by atoms with E-state index in [1.807, 2.05) is 0 Å². The van der Waals surface area contributed by atoms with Gasteiger partial charge in [-0.05, 0) is 24.1 Å². The Balaban J connectivity index is 2.10. The smallest absolute Gasteiger partial charge is 0.369 e. The first-order valence-electron chi connectivity index (χ1n) is 8.23. The number of hydrogen-bond donors (Lipinski definition) is 2. The summed E-state index contributed by atoms with van der Waals surface area (Å²) in [7, 11) is 1.46. The monoisotopic (exact) mass is 381 g/mol. The summed E-state index contributed by atoms with van der Waals surface area (Å²) in [5.74, 6) is -0.304. The summed E-state index contributed by atoms with van der Waals surface area (Å²) in [5.41, 5.74) is 4.63. The van der Waals surface area contributed by atoms with Crippen molar-refractivity contribution in [3.8, 4) is 0 Å². The molecule has 3 N–H and O–H groups in total. The molecule has 1 aromatic heterocycles. The van der Waals surface area contributed by atoms with Crippen molar-refractivity contribution in [2.24, 2.45) is 0 Å². The molecule has 144 valence electrons. The van der Waals surface area contributed by atoms with Crippen LogP contribution in [0, 0.1) is 0 Å². The van der Waals surface area contributed by atoms with Gasteiger partial charge in [0.25, 0.3) is 5.56 Å². The molecule has 1 aliphatic rings. The van der Waals surface area contributed by atoms with E-state index in [-0.39, 0.29) is 29.9 Å². The molecule has 0 aliphatic carbocycles. The van der Waals surface area contributed by atoms with Crippen LogP contribution < -0.4 is 21.1 Å². The fraction of sp³-hybridized carbons (Fsp3) is 0.353. The highest BCUT2D eigenvalue weighted by Gasteiger charge is 2.39. The van der Waals surface area contributed by atoms with Crippen LogP contribution in [0.25, 0.3) is 0 Å². The minimum absolute atomic E-state index is 0.0193. The molecule has 0 radical (unpaired) electrons. The highest BCUT2D eigenvalue weighted by molar-refractivity contribution is 6.04. The van der Waals surface area contributed by atoms with Crippen LogP contribution in [0.3, 0.4) is 0 Å². The Hall–Kier alpha value is -3.04. The number of aromatic amines is 1. The summed E-state index contributed by atoms with van der Waals surface area (Å²) >= 11 is 0. The van der Waals surface area contributed by atoms with Gasteiger partial charge in [0.05, 0.1) is 5.56 Å². The van der Waals surface area contributed by atoms with Crippen molar-refractivity contribution >= 4 is 23.4 Å². The van der Waals surface area contributed by atoms with Gasteiger partial charge in [0.2, 0.25) is 11.9 Å². The number of carbonyl (C=O) groups excluding carboxylic acids is 1. The molecule has 2 heterocycles. The Bertz CT molecular complexity index is 941. The summed E-state index contributed by atoms with van der Waals surface area (Å²) in [6.45, 7) is 1.75. The number of nitrogen functional groups attached to an aromatic ring is 1. The number of nitrogens with two attached hydrogens (primary N) is 1. The molecule has 1 unspecified atom stereocenters. The molecular formula is C17H18F3N5O2. The average Bonchev–Trinajstić information content (AvgIpc) is 2.58. The van der Waals surface area contributed by atoms with E-state index in [4.69, 9.17) is 5.73 Å². The number of likely N-dealkylation sites (N-methyl/N-ethyl adjacent to an activating group) is 1. The lowest BCUT2D eigenvalue weighted by Crippen LogP contribution is -2.53. The van der Waals surface area contributed by atoms with Crippen LogP contribution in [0.4, 0.5) is 30.6 Å². The van der Waals surface area contributed by atoms with Crippen LogP contribution in [-0.2, 0) is 17.5 Å². The number of benzene rings is 1. The number of amides is 1. The Labute approximate surface area is 152 Å². The third-order valence-electron chi connectivity index (χ3n) is 4.49. The maximum atomic E-state index is 13.0. The zero-order chi connectivity index (χ0) is 19.9. The summed E-state index contributed by atoms with van der Waals surface area (Å²) < 4.78 is 39.0. The molecular weight excluding hydrogens is 363 g/mol. The molecule has 1 amide bonds. The van der Waals surface area contributed by atoms with Gasteiger partial charge in [-0.3, -0.25) is 14.6 Å². The van der Waals surface area contributed by atoms with E-state index in [0.717, 1.165) is 12.1 Å². The van der Waals surface area contributed by atoms with Gasteiger partial charge in [0.15, 0.2) is 11.5 Å². The summed E-state index contributed by atoms with van der Waals surface area (Å²) in [6, 6.07) is 4.15. The average molecular weight is 381 g/mol. The first-order valence-corrected chi connectivity index (χ1v) is 8.23. The van der Waals surface area contributed by atoms with Crippen LogP contribution in [0.15, 0.2) is 29.1 Å². The van der Waals surface area contributed by atoms with E-state index in [2.05, 4.69) is 9.97 Å². The van der Waals surface area contributed by atoms with Gasteiger partial charge in [-0.1, -0.05) is 19.1 Å². The van der Waals surface area contributed by atoms with E-state index < -0.39 is 23.3 Å². The van der Waals surface area contributed by atoms with Gasteiger partial charge in [-0.25, -0.2) is 0 Å². The van der Waals surface area contributed by atoms with Crippen molar-refractivity contribution < 1.29 is 18.0 Å². The second-order valence-electron chi connectivity index (χ2n) is 6.27. The summed E-state index contributed by atoms with van der Waals surface area (Å²) in [5, 5.41) is 0. The van der Waals surface area contributed by atoms with E-state index in [1.165, 1.54) is 29.0 Å². The largest absolute Gasteiger partial charge is 0.416 e. The Morgan fingerprint density at radius 2 is 2.00 bits per heavy atom. The Kier molecular flexibility index (Phi) is 4.58. The van der Waals surface area contributed by atoms with E-state index in [9.17, 15) is 22.8 Å². The van der Waals surface area contributed by atoms with Crippen LogP contribution in [0.1, 0.15) is 24.5 Å². The number of aromatic nitrogens is 2. The second-order valence-corrected chi connectivity index (χ2v) is 6.27. The van der Waals surface area contributed by atoms with E-state index in [1.54, 1.807) is 6.92 Å². The number of nitrogens with zero attached hydrogens (tertiary/aromatic N) is 3. The lowest BCUT2D eigenvalue weighted by atomic mass is 10.0. The van der Waals surface area contributed by atoms with Crippen molar-refractivity contribution in [3.63, 3.8) is 0 Å². The molecule has 0 saturated heterocycles. The first kappa shape index (κ1) is 18.7. The molecule has 3 rings (SSSR count). The standard InChI is InChI=1S/C17H18F3N5O2/c1-3-11-15(27)24(2)12-13(22-16(21)23-14(12)26)25(11)8-9-5-4-6-10(7-9)17(18,19)20/h4-7,11H,3,8H2,1-2H3,(H3,21,22,23,26). The molecule has 1 aromatic carbocycles. The van der Waals surface area contributed by atoms with Crippen molar-refractivity contribution in [2.45, 2.75) is 32.1 Å². The number of nitrogens with one attached hydrogen (secondary N) is 1. The molecule has 0 spiro atoms. The zero-order valence-corrected chi connectivity index (χ0v) is 14.7. The molecule has 7 nitrogen and oxygen atoms in total. The van der Waals surface area contributed by atoms with Gasteiger partial charge in [-0.2, -0.15) is 18.2 Å². The van der Waals surface area contributed by atoms with Crippen LogP contribution in [0.2, 0.25) is 0 Å². The van der Waals surface area contributed by atoms with Crippen molar-refractivity contribution in [1.29, 1.82) is 0 Å². The predicted octanol–water partition coefficient (Wildman–Crippen LogP) is 2.13. The number of alkyl halides is 3. The highest BCUT2D eigenvalue weighted by Crippen LogP contribution is 2.34. The number of H-pyrrole nitrogens is 1. The topological polar surface area (TPSA) is 95.3 Å². The van der Waals surface area contributed by atoms with Crippen molar-refractivity contribution in [3.05, 3.63) is 45.7 Å². The fourth-order valence-corrected chi connectivity index (χ4v) is 3.21. The molecule has 0 fully saturated rings. The molecule has 0 bridgehead atoms. The van der Waals surface area contributed by atoms with Crippen molar-refractivity contribution in [2.75, 3.05) is 22.6 Å². The fourth-order valence-electron chi connectivity index (χ4n) is 3.21. The van der Waals surface area contributed by atoms with Gasteiger partial charge in [0.1, 0.15) is 6.04 Å². The Morgan fingerprint density at radius 3 is 2.63 bits per heavy atom. The maximum Gasteiger partial charge on any atom is 0.416 e. The second kappa shape index (κ2) is 6.60. The Morgan fingerprint density at radius 1 is 1.30 bits per heavy atom. The molecule has 0 saturated carbocycles. The quantitative estimate of drug-likeness (QED) is 0.849. The highest BCUT2D eigenvalue weighted by atomic mass is 19.4. The third-order valence-corrected chi connectivity index (χ3v) is 4.49. The maximum absolute atomic E-state index is 13.0. The van der Waals surface area contributed by atoms with Crippen LogP contribution in [0.5, 0.6) is 0 Å². The van der Waals surface area contributed by atoms with Gasteiger partial charge >= 0.3 is 6.18 Å². The van der Waals surface area contributed by atoms with Crippen LogP contribution in [-0.4, -0.2) is 29.0 Å². The van der Waals surface area contributed by atoms with Crippen LogP contribution >= 0.6 is 0 Å². The minimum atomic E-state index is -4.48. The van der Waals surface area contributed by atoms with Crippen molar-refractivity contribution in [1.82, 2.24) is 9.97 Å². The van der Waals surface area contributed by atoms with Gasteiger partial charge < -0.3 is 15.5 Å². The molecule has 1 atom stereocenters. The number of hydrogen-bond acceptors (Lipinski definition) is 5. The lowest BCUT2D eigenvalue weighted by Gasteiger charge is -2.39. The summed E-state index contributed by atoms with van der Waals surface area (Å²) in [4.78, 5) is 34.2. The minimum Gasteiger partial charge on any atom is -0.369 e. The normalized spacial score (nSPS) is 17.2. The number of carbonyl (C=O) groups is 1. The number of anilines is 3. The number of halogens is 3. The first-order chi connectivity index (χ1) is 12.6. The van der Waals surface area contributed by atoms with E-state index in [0.29, 0.717) is 12.0 Å². The lowest BCUT2D eigenvalue weighted by molar-refractivity contribution is -0.137. The molecule has 1 aliphatic heterocycles. The third kappa shape index (κ3) is 3.34. The number of rotatable bonds is 3. The van der Waals surface area contributed by atoms with Gasteiger partial charge in [-0.15, -0.1) is 0 Å². The van der Waals surface area contributed by atoms with Gasteiger partial charge in [0, 0.05) is 13.6 Å². The molecule has 2 aromatic rings. The summed E-state index contributed by atoms with van der Waals surface area (Å²) in [6.07, 6.45) is -4.09. The predicted molar refractivity (Wildman–Crippen MR) is 94.4 cm³/mol. The molecule has 27 heavy (non-hydrogen) atoms. The van der Waals surface area contributed by atoms with E-state index >= 15 is 0 Å².